The Morgan fingerprint density at radius 3 is 2.86 bits per heavy atom. The van der Waals surface area contributed by atoms with E-state index in [0.717, 1.165) is 18.1 Å². The van der Waals surface area contributed by atoms with E-state index in [9.17, 15) is 4.79 Å². The van der Waals surface area contributed by atoms with Gasteiger partial charge in [-0.3, -0.25) is 4.79 Å². The van der Waals surface area contributed by atoms with Crippen LogP contribution in [-0.4, -0.2) is 32.1 Å². The summed E-state index contributed by atoms with van der Waals surface area (Å²) in [5, 5.41) is 8.98. The Kier molecular flexibility index (Phi) is 3.87. The number of rotatable bonds is 2. The van der Waals surface area contributed by atoms with Gasteiger partial charge >= 0.3 is 0 Å². The van der Waals surface area contributed by atoms with E-state index in [0.29, 0.717) is 35.2 Å². The van der Waals surface area contributed by atoms with Gasteiger partial charge in [0.25, 0.3) is 5.91 Å². The Balaban J connectivity index is 1.86. The molecule has 1 amide bonds. The number of amides is 1. The molecule has 0 saturated carbocycles. The molecule has 1 aromatic heterocycles. The van der Waals surface area contributed by atoms with E-state index in [4.69, 9.17) is 23.2 Å². The SMILES string of the molecule is CCc1nnc2n1CCN(C(=O)c1cccc(Cl)c1Cl)C2. The average Bonchev–Trinajstić information content (AvgIpc) is 2.91. The highest BCUT2D eigenvalue weighted by molar-refractivity contribution is 6.43. The summed E-state index contributed by atoms with van der Waals surface area (Å²) < 4.78 is 2.07. The second-order valence-corrected chi connectivity index (χ2v) is 5.65. The molecule has 0 saturated heterocycles. The van der Waals surface area contributed by atoms with Crippen molar-refractivity contribution >= 4 is 29.1 Å². The lowest BCUT2D eigenvalue weighted by molar-refractivity contribution is 0.0706. The molecular formula is C14H14Cl2N4O. The third kappa shape index (κ3) is 2.51. The average molecular weight is 325 g/mol. The molecule has 0 unspecified atom stereocenters. The van der Waals surface area contributed by atoms with Crippen molar-refractivity contribution in [2.45, 2.75) is 26.4 Å². The van der Waals surface area contributed by atoms with Gasteiger partial charge in [-0.15, -0.1) is 10.2 Å². The van der Waals surface area contributed by atoms with Gasteiger partial charge in [0, 0.05) is 19.5 Å². The maximum absolute atomic E-state index is 12.6. The van der Waals surface area contributed by atoms with Crippen LogP contribution in [0.4, 0.5) is 0 Å². The molecule has 5 nitrogen and oxygen atoms in total. The van der Waals surface area contributed by atoms with Gasteiger partial charge in [-0.2, -0.15) is 0 Å². The third-order valence-electron chi connectivity index (χ3n) is 3.62. The van der Waals surface area contributed by atoms with Crippen LogP contribution in [0, 0.1) is 0 Å². The van der Waals surface area contributed by atoms with Crippen LogP contribution < -0.4 is 0 Å². The fraction of sp³-hybridized carbons (Fsp3) is 0.357. The minimum Gasteiger partial charge on any atom is -0.329 e. The Bertz CT molecular complexity index is 698. The third-order valence-corrected chi connectivity index (χ3v) is 4.43. The zero-order valence-electron chi connectivity index (χ0n) is 11.5. The van der Waals surface area contributed by atoms with Crippen LogP contribution >= 0.6 is 23.2 Å². The van der Waals surface area contributed by atoms with E-state index in [1.807, 2.05) is 6.92 Å². The number of hydrogen-bond acceptors (Lipinski definition) is 3. The topological polar surface area (TPSA) is 51.0 Å². The molecule has 0 aliphatic carbocycles. The Morgan fingerprint density at radius 2 is 2.10 bits per heavy atom. The molecule has 110 valence electrons. The van der Waals surface area contributed by atoms with E-state index in [1.165, 1.54) is 0 Å². The number of fused-ring (bicyclic) bond motifs is 1. The molecule has 21 heavy (non-hydrogen) atoms. The second kappa shape index (κ2) is 5.66. The van der Waals surface area contributed by atoms with Crippen LogP contribution in [0.3, 0.4) is 0 Å². The number of carbonyl (C=O) groups is 1. The highest BCUT2D eigenvalue weighted by Crippen LogP contribution is 2.27. The lowest BCUT2D eigenvalue weighted by Crippen LogP contribution is -2.38. The lowest BCUT2D eigenvalue weighted by Gasteiger charge is -2.28. The maximum Gasteiger partial charge on any atom is 0.255 e. The van der Waals surface area contributed by atoms with E-state index < -0.39 is 0 Å². The van der Waals surface area contributed by atoms with Crippen LogP contribution in [0.2, 0.25) is 10.0 Å². The van der Waals surface area contributed by atoms with E-state index in [2.05, 4.69) is 14.8 Å². The van der Waals surface area contributed by atoms with Crippen LogP contribution in [0.1, 0.15) is 28.9 Å². The van der Waals surface area contributed by atoms with Gasteiger partial charge < -0.3 is 9.47 Å². The molecule has 2 aromatic rings. The minimum atomic E-state index is -0.130. The van der Waals surface area contributed by atoms with Crippen molar-refractivity contribution in [2.24, 2.45) is 0 Å². The summed E-state index contributed by atoms with van der Waals surface area (Å²) in [4.78, 5) is 14.3. The van der Waals surface area contributed by atoms with Gasteiger partial charge in [0.1, 0.15) is 5.82 Å². The van der Waals surface area contributed by atoms with E-state index in [-0.39, 0.29) is 5.91 Å². The van der Waals surface area contributed by atoms with Gasteiger partial charge in [-0.1, -0.05) is 36.2 Å². The summed E-state index contributed by atoms with van der Waals surface area (Å²) in [6.07, 6.45) is 0.834. The molecular weight excluding hydrogens is 311 g/mol. The zero-order chi connectivity index (χ0) is 15.0. The highest BCUT2D eigenvalue weighted by Gasteiger charge is 2.26. The molecule has 2 heterocycles. The van der Waals surface area contributed by atoms with Crippen LogP contribution in [0.5, 0.6) is 0 Å². The quantitative estimate of drug-likeness (QED) is 0.853. The lowest BCUT2D eigenvalue weighted by atomic mass is 10.2. The summed E-state index contributed by atoms with van der Waals surface area (Å²) >= 11 is 12.1. The summed E-state index contributed by atoms with van der Waals surface area (Å²) in [6.45, 7) is 3.80. The Hall–Kier alpha value is -1.59. The number of aromatic nitrogens is 3. The Morgan fingerprint density at radius 1 is 1.29 bits per heavy atom. The predicted octanol–water partition coefficient (Wildman–Crippen LogP) is 2.80. The number of nitrogens with zero attached hydrogens (tertiary/aromatic N) is 4. The molecule has 0 spiro atoms. The first-order chi connectivity index (χ1) is 10.1. The second-order valence-electron chi connectivity index (χ2n) is 4.87. The molecule has 7 heteroatoms. The zero-order valence-corrected chi connectivity index (χ0v) is 13.0. The van der Waals surface area contributed by atoms with Gasteiger partial charge in [0.2, 0.25) is 0 Å². The predicted molar refractivity (Wildman–Crippen MR) is 80.6 cm³/mol. The molecule has 0 fully saturated rings. The number of aryl methyl sites for hydroxylation is 1. The normalized spacial score (nSPS) is 14.1. The van der Waals surface area contributed by atoms with Gasteiger partial charge in [0.15, 0.2) is 5.82 Å². The van der Waals surface area contributed by atoms with E-state index in [1.54, 1.807) is 23.1 Å². The van der Waals surface area contributed by atoms with Crippen molar-refractivity contribution < 1.29 is 4.79 Å². The molecule has 1 aromatic carbocycles. The highest BCUT2D eigenvalue weighted by atomic mass is 35.5. The summed E-state index contributed by atoms with van der Waals surface area (Å²) in [7, 11) is 0. The summed E-state index contributed by atoms with van der Waals surface area (Å²) in [5.74, 6) is 1.64. The molecule has 3 rings (SSSR count). The van der Waals surface area contributed by atoms with Crippen molar-refractivity contribution in [1.29, 1.82) is 0 Å². The number of halogens is 2. The van der Waals surface area contributed by atoms with Crippen LogP contribution in [0.15, 0.2) is 18.2 Å². The van der Waals surface area contributed by atoms with Crippen molar-refractivity contribution in [3.05, 3.63) is 45.5 Å². The molecule has 0 bridgehead atoms. The molecule has 1 aliphatic heterocycles. The van der Waals surface area contributed by atoms with Crippen molar-refractivity contribution in [3.8, 4) is 0 Å². The first kappa shape index (κ1) is 14.4. The molecule has 0 N–H and O–H groups in total. The van der Waals surface area contributed by atoms with Gasteiger partial charge in [0.05, 0.1) is 22.2 Å². The summed E-state index contributed by atoms with van der Waals surface area (Å²) in [6, 6.07) is 5.08. The molecule has 1 aliphatic rings. The van der Waals surface area contributed by atoms with Crippen molar-refractivity contribution in [1.82, 2.24) is 19.7 Å². The van der Waals surface area contributed by atoms with Gasteiger partial charge in [-0.25, -0.2) is 0 Å². The maximum atomic E-state index is 12.6. The summed E-state index contributed by atoms with van der Waals surface area (Å²) in [5.41, 5.74) is 0.424. The largest absolute Gasteiger partial charge is 0.329 e. The molecule has 0 atom stereocenters. The van der Waals surface area contributed by atoms with Crippen molar-refractivity contribution in [2.75, 3.05) is 6.54 Å². The number of carbonyl (C=O) groups excluding carboxylic acids is 1. The standard InChI is InChI=1S/C14H14Cl2N4O/c1-2-11-17-18-12-8-19(6-7-20(11)12)14(21)9-4-3-5-10(15)13(9)16/h3-5H,2,6-8H2,1H3. The van der Waals surface area contributed by atoms with E-state index >= 15 is 0 Å². The smallest absolute Gasteiger partial charge is 0.255 e. The monoisotopic (exact) mass is 324 g/mol. The molecule has 0 radical (unpaired) electrons. The van der Waals surface area contributed by atoms with Crippen molar-refractivity contribution in [3.63, 3.8) is 0 Å². The first-order valence-electron chi connectivity index (χ1n) is 6.76. The minimum absolute atomic E-state index is 0.130. The fourth-order valence-corrected chi connectivity index (χ4v) is 2.87. The fourth-order valence-electron chi connectivity index (χ4n) is 2.49. The van der Waals surface area contributed by atoms with Gasteiger partial charge in [-0.05, 0) is 12.1 Å². The number of hydrogen-bond donors (Lipinski definition) is 0. The van der Waals surface area contributed by atoms with Crippen LogP contribution in [0.25, 0.3) is 0 Å². The number of benzene rings is 1. The first-order valence-corrected chi connectivity index (χ1v) is 7.51. The Labute approximate surface area is 132 Å². The van der Waals surface area contributed by atoms with Crippen LogP contribution in [-0.2, 0) is 19.5 Å².